The Balaban J connectivity index is 1.03. The van der Waals surface area contributed by atoms with Crippen molar-refractivity contribution < 1.29 is 53.1 Å². The molecule has 4 aromatic rings. The Morgan fingerprint density at radius 1 is 0.589 bits per heavy atom. The Kier molecular flexibility index (Phi) is 18.7. The molecular formula is C50H66N12O11. The standard InChI is InChI=1S/C50H66N12O11/c1-27(2)43(51)49(72)61-17-9-15-37(61)47(70)55-23-39(63)58-35(19-29-21-52-33-13-7-5-11-31(29)33)45(68)54-25-41(65)60-44(28(3)4)50(73)62-18-10-16-38(62)48(71)56-24-40(64)59-36(46(69)57-26-42(66)67)20-30-22-53-34-14-8-6-12-32(30)34/h5-8,11-14,21-22,27-28,35-38,43-44,52-53H,9-10,15-20,23-26,51H2,1-4H3,(H,54,68)(H,55,70)(H,56,71)(H,57,69)(H,58,63)(H,59,64)(H,60,65)(H,66,67)/t35-,36-,37-,38-,43-,44-/m0/s1. The Labute approximate surface area is 421 Å². The SMILES string of the molecule is CC(C)[C@H](N)C(=O)N1CCC[C@H]1C(=O)NCC(=O)N[C@@H](Cc1c[nH]c2ccccc12)C(=O)NCC(=O)N[C@H](C(=O)N1CCC[C@H]1C(=O)NCC(=O)N[C@@H](Cc1c[nH]c2ccccc12)C(=O)NCC(=O)O)C(C)C. The minimum atomic E-state index is -1.28. The highest BCUT2D eigenvalue weighted by Crippen LogP contribution is 2.23. The van der Waals surface area contributed by atoms with Gasteiger partial charge in [-0.2, -0.15) is 0 Å². The zero-order chi connectivity index (χ0) is 52.9. The second-order valence-electron chi connectivity index (χ2n) is 19.1. The molecular weight excluding hydrogens is 945 g/mol. The average Bonchev–Trinajstić information content (AvgIpc) is 4.21. The van der Waals surface area contributed by atoms with Gasteiger partial charge in [-0.05, 0) is 60.8 Å². The summed E-state index contributed by atoms with van der Waals surface area (Å²) in [7, 11) is 0. The average molecular weight is 1010 g/mol. The van der Waals surface area contributed by atoms with E-state index in [0.717, 1.165) is 21.8 Å². The van der Waals surface area contributed by atoms with Gasteiger partial charge >= 0.3 is 5.97 Å². The first-order valence-electron chi connectivity index (χ1n) is 24.5. The number of hydrogen-bond donors (Lipinski definition) is 11. The van der Waals surface area contributed by atoms with E-state index in [-0.39, 0.29) is 37.6 Å². The molecule has 2 aromatic heterocycles. The highest BCUT2D eigenvalue weighted by Gasteiger charge is 2.40. The minimum absolute atomic E-state index is 0.00393. The summed E-state index contributed by atoms with van der Waals surface area (Å²) < 4.78 is 0. The van der Waals surface area contributed by atoms with Crippen molar-refractivity contribution in [2.45, 2.75) is 102 Å². The molecule has 23 heteroatoms. The smallest absolute Gasteiger partial charge is 0.322 e. The number of carboxylic acids is 1. The van der Waals surface area contributed by atoms with Gasteiger partial charge in [0.05, 0.1) is 25.7 Å². The van der Waals surface area contributed by atoms with Gasteiger partial charge in [0.15, 0.2) is 0 Å². The van der Waals surface area contributed by atoms with E-state index in [9.17, 15) is 47.9 Å². The molecule has 2 aliphatic rings. The first-order valence-corrected chi connectivity index (χ1v) is 24.5. The number of aromatic amines is 2. The first-order chi connectivity index (χ1) is 34.8. The molecule has 0 saturated carbocycles. The van der Waals surface area contributed by atoms with Crippen molar-refractivity contribution >= 4 is 80.9 Å². The maximum Gasteiger partial charge on any atom is 0.322 e. The van der Waals surface area contributed by atoms with Gasteiger partial charge in [0, 0.05) is 60.1 Å². The lowest BCUT2D eigenvalue weighted by Gasteiger charge is -2.30. The molecule has 2 aromatic carbocycles. The summed E-state index contributed by atoms with van der Waals surface area (Å²) in [5.41, 5.74) is 9.05. The van der Waals surface area contributed by atoms with Crippen molar-refractivity contribution in [2.75, 3.05) is 39.3 Å². The number of para-hydroxylation sites is 2. The molecule has 12 N–H and O–H groups in total. The molecule has 23 nitrogen and oxygen atoms in total. The summed E-state index contributed by atoms with van der Waals surface area (Å²) in [5.74, 6) is -7.63. The molecule has 0 bridgehead atoms. The number of H-pyrrole nitrogens is 2. The summed E-state index contributed by atoms with van der Waals surface area (Å²) in [6, 6.07) is 8.53. The van der Waals surface area contributed by atoms with Crippen LogP contribution in [0.1, 0.15) is 64.5 Å². The third kappa shape index (κ3) is 14.2. The number of aromatic nitrogens is 2. The number of nitrogens with two attached hydrogens (primary N) is 1. The first kappa shape index (κ1) is 54.5. The van der Waals surface area contributed by atoms with Crippen LogP contribution < -0.4 is 43.0 Å². The summed E-state index contributed by atoms with van der Waals surface area (Å²) in [6.45, 7) is 5.21. The maximum atomic E-state index is 14.1. The number of likely N-dealkylation sites (tertiary alicyclic amines) is 2. The lowest BCUT2D eigenvalue weighted by atomic mass is 10.0. The summed E-state index contributed by atoms with van der Waals surface area (Å²) in [5, 5.41) is 28.6. The molecule has 0 spiro atoms. The van der Waals surface area contributed by atoms with Gasteiger partial charge in [0.25, 0.3) is 0 Å². The van der Waals surface area contributed by atoms with Crippen molar-refractivity contribution in [2.24, 2.45) is 17.6 Å². The van der Waals surface area contributed by atoms with Crippen LogP contribution in [0.3, 0.4) is 0 Å². The highest BCUT2D eigenvalue weighted by molar-refractivity contribution is 5.98. The fourth-order valence-corrected chi connectivity index (χ4v) is 9.10. The lowest BCUT2D eigenvalue weighted by Crippen LogP contribution is -2.57. The molecule has 9 amide bonds. The fraction of sp³-hybridized carbons (Fsp3) is 0.480. The van der Waals surface area contributed by atoms with Crippen molar-refractivity contribution in [1.82, 2.24) is 57.0 Å². The van der Waals surface area contributed by atoms with Gasteiger partial charge in [-0.1, -0.05) is 64.1 Å². The highest BCUT2D eigenvalue weighted by atomic mass is 16.4. The van der Waals surface area contributed by atoms with Crippen LogP contribution in [0.25, 0.3) is 21.8 Å². The van der Waals surface area contributed by atoms with E-state index in [1.165, 1.54) is 9.80 Å². The molecule has 73 heavy (non-hydrogen) atoms. The Morgan fingerprint density at radius 3 is 1.47 bits per heavy atom. The fourth-order valence-electron chi connectivity index (χ4n) is 9.10. The van der Waals surface area contributed by atoms with Crippen molar-refractivity contribution in [1.29, 1.82) is 0 Å². The number of benzene rings is 2. The minimum Gasteiger partial charge on any atom is -0.480 e. The zero-order valence-corrected chi connectivity index (χ0v) is 41.4. The number of amides is 9. The summed E-state index contributed by atoms with van der Waals surface area (Å²) >= 11 is 0. The quantitative estimate of drug-likeness (QED) is 0.0429. The van der Waals surface area contributed by atoms with E-state index in [0.29, 0.717) is 36.9 Å². The Hall–Kier alpha value is -7.82. The number of aliphatic carboxylic acids is 1. The molecule has 0 unspecified atom stereocenters. The molecule has 2 saturated heterocycles. The van der Waals surface area contributed by atoms with Gasteiger partial charge in [0.1, 0.15) is 36.8 Å². The van der Waals surface area contributed by atoms with Gasteiger partial charge in [-0.25, -0.2) is 0 Å². The Bertz CT molecular complexity index is 2700. The molecule has 4 heterocycles. The van der Waals surface area contributed by atoms with Crippen molar-refractivity contribution in [3.05, 3.63) is 72.1 Å². The van der Waals surface area contributed by atoms with Gasteiger partial charge in [-0.3, -0.25) is 47.9 Å². The van der Waals surface area contributed by atoms with Crippen LogP contribution in [-0.2, 0) is 60.8 Å². The van der Waals surface area contributed by atoms with Crippen LogP contribution in [0.15, 0.2) is 60.9 Å². The number of fused-ring (bicyclic) bond motifs is 2. The molecule has 392 valence electrons. The van der Waals surface area contributed by atoms with Crippen LogP contribution in [0.4, 0.5) is 0 Å². The topological polar surface area (TPSA) is 339 Å². The predicted molar refractivity (Wildman–Crippen MR) is 267 cm³/mol. The van der Waals surface area contributed by atoms with Crippen LogP contribution >= 0.6 is 0 Å². The number of hydrogen-bond acceptors (Lipinski definition) is 11. The molecule has 6 rings (SSSR count). The largest absolute Gasteiger partial charge is 0.480 e. The monoisotopic (exact) mass is 1010 g/mol. The lowest BCUT2D eigenvalue weighted by molar-refractivity contribution is -0.142. The van der Waals surface area contributed by atoms with Gasteiger partial charge < -0.3 is 67.8 Å². The third-order valence-electron chi connectivity index (χ3n) is 13.1. The third-order valence-corrected chi connectivity index (χ3v) is 13.1. The zero-order valence-electron chi connectivity index (χ0n) is 41.4. The second-order valence-corrected chi connectivity index (χ2v) is 19.1. The maximum absolute atomic E-state index is 14.1. The van der Waals surface area contributed by atoms with E-state index >= 15 is 0 Å². The van der Waals surface area contributed by atoms with Crippen molar-refractivity contribution in [3.63, 3.8) is 0 Å². The molecule has 0 radical (unpaired) electrons. The van der Waals surface area contributed by atoms with Crippen molar-refractivity contribution in [3.8, 4) is 0 Å². The number of rotatable bonds is 23. The van der Waals surface area contributed by atoms with Crippen LogP contribution in [0.2, 0.25) is 0 Å². The summed E-state index contributed by atoms with van der Waals surface area (Å²) in [6.07, 6.45) is 5.08. The Morgan fingerprint density at radius 2 is 1.01 bits per heavy atom. The molecule has 2 aliphatic heterocycles. The van der Waals surface area contributed by atoms with Crippen LogP contribution in [-0.4, -0.2) is 160 Å². The number of carboxylic acid groups (broad SMARTS) is 1. The normalized spacial score (nSPS) is 17.1. The predicted octanol–water partition coefficient (Wildman–Crippen LogP) is -0.941. The van der Waals surface area contributed by atoms with Crippen LogP contribution in [0, 0.1) is 11.8 Å². The number of nitrogens with one attached hydrogen (secondary N) is 9. The van der Waals surface area contributed by atoms with E-state index in [4.69, 9.17) is 10.8 Å². The van der Waals surface area contributed by atoms with E-state index in [1.807, 2.05) is 62.4 Å². The van der Waals surface area contributed by atoms with Gasteiger partial charge in [-0.15, -0.1) is 0 Å². The number of carbonyl (C=O) groups is 10. The second kappa shape index (κ2) is 25.0. The van der Waals surface area contributed by atoms with E-state index < -0.39 is 122 Å². The molecule has 2 fully saturated rings. The van der Waals surface area contributed by atoms with Gasteiger partial charge in [0.2, 0.25) is 53.2 Å². The van der Waals surface area contributed by atoms with Crippen LogP contribution in [0.5, 0.6) is 0 Å². The summed E-state index contributed by atoms with van der Waals surface area (Å²) in [4.78, 5) is 141. The van der Waals surface area contributed by atoms with E-state index in [1.54, 1.807) is 26.2 Å². The van der Waals surface area contributed by atoms with E-state index in [2.05, 4.69) is 47.2 Å². The number of carbonyl (C=O) groups excluding carboxylic acids is 9. The number of nitrogens with zero attached hydrogens (tertiary/aromatic N) is 2. The molecule has 0 aliphatic carbocycles. The molecule has 6 atom stereocenters.